The molecule has 3 unspecified atom stereocenters. The Morgan fingerprint density at radius 3 is 2.74 bits per heavy atom. The van der Waals surface area contributed by atoms with E-state index in [0.717, 1.165) is 44.6 Å². The average Bonchev–Trinajstić information content (AvgIpc) is 3.00. The predicted molar refractivity (Wildman–Crippen MR) is 77.4 cm³/mol. The first kappa shape index (κ1) is 15.2. The molecule has 0 bridgehead atoms. The van der Waals surface area contributed by atoms with E-state index in [0.29, 0.717) is 6.04 Å². The predicted octanol–water partition coefficient (Wildman–Crippen LogP) is 1.36. The van der Waals surface area contributed by atoms with Crippen LogP contribution >= 0.6 is 0 Å². The van der Waals surface area contributed by atoms with Gasteiger partial charge in [0.05, 0.1) is 6.61 Å². The average molecular weight is 270 g/mol. The molecule has 0 radical (unpaired) electrons. The summed E-state index contributed by atoms with van der Waals surface area (Å²) in [4.78, 5) is 2.54. The number of nitrogens with one attached hydrogen (secondary N) is 1. The SMILES string of the molecule is COCCCN(CCOC)CC1NCC2CCCC21. The van der Waals surface area contributed by atoms with Gasteiger partial charge >= 0.3 is 0 Å². The molecule has 2 aliphatic rings. The topological polar surface area (TPSA) is 33.7 Å². The van der Waals surface area contributed by atoms with E-state index in [1.807, 2.05) is 0 Å². The molecule has 112 valence electrons. The van der Waals surface area contributed by atoms with Crippen molar-refractivity contribution in [2.75, 3.05) is 53.6 Å². The lowest BCUT2D eigenvalue weighted by Gasteiger charge is -2.28. The molecule has 0 aromatic carbocycles. The summed E-state index contributed by atoms with van der Waals surface area (Å²) in [6, 6.07) is 0.701. The van der Waals surface area contributed by atoms with Gasteiger partial charge in [-0.05, 0) is 37.6 Å². The minimum absolute atomic E-state index is 0.701. The Morgan fingerprint density at radius 1 is 1.11 bits per heavy atom. The van der Waals surface area contributed by atoms with Gasteiger partial charge in [-0.3, -0.25) is 4.90 Å². The Labute approximate surface area is 117 Å². The Balaban J connectivity index is 1.77. The normalized spacial score (nSPS) is 30.2. The van der Waals surface area contributed by atoms with E-state index in [-0.39, 0.29) is 0 Å². The van der Waals surface area contributed by atoms with Crippen LogP contribution in [0.25, 0.3) is 0 Å². The molecule has 1 aliphatic heterocycles. The fourth-order valence-corrected chi connectivity index (χ4v) is 3.73. The van der Waals surface area contributed by atoms with Crippen LogP contribution in [-0.4, -0.2) is 64.6 Å². The second-order valence-corrected chi connectivity index (χ2v) is 6.01. The molecule has 0 amide bonds. The van der Waals surface area contributed by atoms with Crippen LogP contribution in [-0.2, 0) is 9.47 Å². The molecule has 2 rings (SSSR count). The van der Waals surface area contributed by atoms with Crippen molar-refractivity contribution in [2.24, 2.45) is 11.8 Å². The summed E-state index contributed by atoms with van der Waals surface area (Å²) in [6.45, 7) is 6.25. The van der Waals surface area contributed by atoms with E-state index in [9.17, 15) is 0 Å². The number of methoxy groups -OCH3 is 2. The quantitative estimate of drug-likeness (QED) is 0.642. The monoisotopic (exact) mass is 270 g/mol. The molecule has 0 aromatic heterocycles. The van der Waals surface area contributed by atoms with Gasteiger partial charge in [0.1, 0.15) is 0 Å². The van der Waals surface area contributed by atoms with Gasteiger partial charge in [0, 0.05) is 46.5 Å². The van der Waals surface area contributed by atoms with Gasteiger partial charge in [0.15, 0.2) is 0 Å². The van der Waals surface area contributed by atoms with Crippen LogP contribution in [0.3, 0.4) is 0 Å². The maximum atomic E-state index is 5.24. The molecule has 19 heavy (non-hydrogen) atoms. The van der Waals surface area contributed by atoms with Crippen LogP contribution in [0.2, 0.25) is 0 Å². The maximum Gasteiger partial charge on any atom is 0.0589 e. The van der Waals surface area contributed by atoms with Crippen molar-refractivity contribution >= 4 is 0 Å². The van der Waals surface area contributed by atoms with Crippen LogP contribution < -0.4 is 5.32 Å². The Morgan fingerprint density at radius 2 is 1.95 bits per heavy atom. The number of nitrogens with zero attached hydrogens (tertiary/aromatic N) is 1. The summed E-state index contributed by atoms with van der Waals surface area (Å²) >= 11 is 0. The zero-order chi connectivity index (χ0) is 13.5. The van der Waals surface area contributed by atoms with Crippen molar-refractivity contribution in [2.45, 2.75) is 31.7 Å². The third-order valence-electron chi connectivity index (χ3n) is 4.77. The van der Waals surface area contributed by atoms with Gasteiger partial charge in [0.2, 0.25) is 0 Å². The van der Waals surface area contributed by atoms with E-state index >= 15 is 0 Å². The zero-order valence-electron chi connectivity index (χ0n) is 12.6. The molecular formula is C15H30N2O2. The van der Waals surface area contributed by atoms with E-state index in [4.69, 9.17) is 9.47 Å². The van der Waals surface area contributed by atoms with Crippen LogP contribution in [0.4, 0.5) is 0 Å². The highest BCUT2D eigenvalue weighted by Crippen LogP contribution is 2.37. The lowest BCUT2D eigenvalue weighted by atomic mass is 9.94. The molecule has 0 aromatic rings. The summed E-state index contributed by atoms with van der Waals surface area (Å²) in [6.07, 6.45) is 5.42. The fraction of sp³-hybridized carbons (Fsp3) is 1.00. The number of fused-ring (bicyclic) bond motifs is 1. The first-order valence-electron chi connectivity index (χ1n) is 7.78. The van der Waals surface area contributed by atoms with Gasteiger partial charge in [-0.1, -0.05) is 6.42 Å². The zero-order valence-corrected chi connectivity index (χ0v) is 12.6. The van der Waals surface area contributed by atoms with Crippen molar-refractivity contribution in [3.05, 3.63) is 0 Å². The molecule has 2 fully saturated rings. The van der Waals surface area contributed by atoms with E-state index < -0.39 is 0 Å². The largest absolute Gasteiger partial charge is 0.385 e. The molecule has 1 N–H and O–H groups in total. The van der Waals surface area contributed by atoms with Crippen LogP contribution in [0, 0.1) is 11.8 Å². The molecule has 1 aliphatic carbocycles. The molecule has 0 spiro atoms. The first-order chi connectivity index (χ1) is 9.35. The molecule has 1 saturated heterocycles. The summed E-state index contributed by atoms with van der Waals surface area (Å²) in [7, 11) is 3.56. The highest BCUT2D eigenvalue weighted by molar-refractivity contribution is 4.95. The van der Waals surface area contributed by atoms with Gasteiger partial charge in [-0.2, -0.15) is 0 Å². The lowest BCUT2D eigenvalue weighted by Crippen LogP contribution is -2.42. The van der Waals surface area contributed by atoms with Crippen molar-refractivity contribution in [3.8, 4) is 0 Å². The van der Waals surface area contributed by atoms with Gasteiger partial charge in [-0.15, -0.1) is 0 Å². The smallest absolute Gasteiger partial charge is 0.0589 e. The first-order valence-corrected chi connectivity index (χ1v) is 7.78. The maximum absolute atomic E-state index is 5.24. The number of hydrogen-bond acceptors (Lipinski definition) is 4. The Kier molecular flexibility index (Phi) is 6.57. The molecule has 4 nitrogen and oxygen atoms in total. The minimum Gasteiger partial charge on any atom is -0.385 e. The second kappa shape index (κ2) is 8.20. The summed E-state index contributed by atoms with van der Waals surface area (Å²) < 4.78 is 10.4. The minimum atomic E-state index is 0.701. The van der Waals surface area contributed by atoms with Crippen molar-refractivity contribution in [3.63, 3.8) is 0 Å². The summed E-state index contributed by atoms with van der Waals surface area (Å²) in [5.41, 5.74) is 0. The number of ether oxygens (including phenoxy) is 2. The number of rotatable bonds is 9. The molecule has 1 saturated carbocycles. The standard InChI is InChI=1S/C15H30N2O2/c1-18-9-4-7-17(8-10-19-2)12-15-14-6-3-5-13(14)11-16-15/h13-16H,3-12H2,1-2H3. The van der Waals surface area contributed by atoms with E-state index in [1.54, 1.807) is 14.2 Å². The van der Waals surface area contributed by atoms with Gasteiger partial charge < -0.3 is 14.8 Å². The Bertz CT molecular complexity index is 250. The summed E-state index contributed by atoms with van der Waals surface area (Å²) in [5.74, 6) is 1.88. The van der Waals surface area contributed by atoms with Gasteiger partial charge in [-0.25, -0.2) is 0 Å². The van der Waals surface area contributed by atoms with Crippen LogP contribution in [0.15, 0.2) is 0 Å². The van der Waals surface area contributed by atoms with E-state index in [2.05, 4.69) is 10.2 Å². The molecule has 1 heterocycles. The second-order valence-electron chi connectivity index (χ2n) is 6.01. The number of hydrogen-bond donors (Lipinski definition) is 1. The molecule has 4 heteroatoms. The fourth-order valence-electron chi connectivity index (χ4n) is 3.73. The third-order valence-corrected chi connectivity index (χ3v) is 4.77. The van der Waals surface area contributed by atoms with Crippen molar-refractivity contribution < 1.29 is 9.47 Å². The lowest BCUT2D eigenvalue weighted by molar-refractivity contribution is 0.123. The highest BCUT2D eigenvalue weighted by Gasteiger charge is 2.39. The van der Waals surface area contributed by atoms with Gasteiger partial charge in [0.25, 0.3) is 0 Å². The van der Waals surface area contributed by atoms with Crippen molar-refractivity contribution in [1.29, 1.82) is 0 Å². The summed E-state index contributed by atoms with van der Waals surface area (Å²) in [5, 5.41) is 3.74. The Hall–Kier alpha value is -0.160. The van der Waals surface area contributed by atoms with Crippen molar-refractivity contribution in [1.82, 2.24) is 10.2 Å². The van der Waals surface area contributed by atoms with Crippen LogP contribution in [0.5, 0.6) is 0 Å². The molecule has 3 atom stereocenters. The van der Waals surface area contributed by atoms with Crippen LogP contribution in [0.1, 0.15) is 25.7 Å². The highest BCUT2D eigenvalue weighted by atomic mass is 16.5. The molecular weight excluding hydrogens is 240 g/mol. The van der Waals surface area contributed by atoms with E-state index in [1.165, 1.54) is 32.4 Å². The third kappa shape index (κ3) is 4.42.